The van der Waals surface area contributed by atoms with E-state index >= 15 is 0 Å². The van der Waals surface area contributed by atoms with Gasteiger partial charge < -0.3 is 11.1 Å². The van der Waals surface area contributed by atoms with Gasteiger partial charge in [0, 0.05) is 36.1 Å². The molecule has 0 saturated carbocycles. The lowest BCUT2D eigenvalue weighted by Crippen LogP contribution is -2.25. The maximum atomic E-state index is 13.4. The molecule has 0 aliphatic carbocycles. The molecule has 2 aromatic heterocycles. The fourth-order valence-electron chi connectivity index (χ4n) is 3.55. The molecule has 4 nitrogen and oxygen atoms in total. The van der Waals surface area contributed by atoms with Crippen LogP contribution >= 0.6 is 0 Å². The third-order valence-electron chi connectivity index (χ3n) is 5.41. The van der Waals surface area contributed by atoms with E-state index in [0.29, 0.717) is 6.54 Å². The summed E-state index contributed by atoms with van der Waals surface area (Å²) in [7, 11) is 0. The molecule has 2 unspecified atom stereocenters. The molecule has 4 rings (SSSR count). The third-order valence-corrected chi connectivity index (χ3v) is 5.41. The molecule has 4 aromatic rings. The van der Waals surface area contributed by atoms with Crippen LogP contribution in [0.1, 0.15) is 18.5 Å². The first-order valence-electron chi connectivity index (χ1n) is 10.3. The number of nitrogens with one attached hydrogen (secondary N) is 1. The van der Waals surface area contributed by atoms with E-state index in [9.17, 15) is 4.39 Å². The van der Waals surface area contributed by atoms with Crippen molar-refractivity contribution in [1.29, 1.82) is 0 Å². The summed E-state index contributed by atoms with van der Waals surface area (Å²) < 4.78 is 13.4. The lowest BCUT2D eigenvalue weighted by atomic mass is 9.95. The highest BCUT2D eigenvalue weighted by atomic mass is 19.1. The van der Waals surface area contributed by atoms with Crippen LogP contribution in [0.25, 0.3) is 22.4 Å². The van der Waals surface area contributed by atoms with Crippen LogP contribution in [0.4, 0.5) is 10.2 Å². The summed E-state index contributed by atoms with van der Waals surface area (Å²) in [6.45, 7) is 2.82. The Labute approximate surface area is 182 Å². The van der Waals surface area contributed by atoms with Crippen LogP contribution in [-0.2, 0) is 0 Å². The zero-order valence-electron chi connectivity index (χ0n) is 17.4. The van der Waals surface area contributed by atoms with Crippen molar-refractivity contribution in [3.63, 3.8) is 0 Å². The number of hydrogen-bond donors (Lipinski definition) is 2. The van der Waals surface area contributed by atoms with E-state index in [1.807, 2.05) is 42.5 Å². The van der Waals surface area contributed by atoms with Gasteiger partial charge in [-0.2, -0.15) is 0 Å². The maximum absolute atomic E-state index is 13.4. The minimum atomic E-state index is -0.260. The van der Waals surface area contributed by atoms with Crippen LogP contribution in [0.5, 0.6) is 0 Å². The number of anilines is 1. The maximum Gasteiger partial charge on any atom is 0.126 e. The molecule has 3 N–H and O–H groups in total. The number of aromatic nitrogens is 2. The van der Waals surface area contributed by atoms with E-state index in [2.05, 4.69) is 29.4 Å². The Hall–Kier alpha value is -3.57. The molecule has 2 heterocycles. The number of halogens is 1. The Bertz CT molecular complexity index is 1120. The van der Waals surface area contributed by atoms with Crippen molar-refractivity contribution >= 4 is 5.82 Å². The van der Waals surface area contributed by atoms with E-state index in [-0.39, 0.29) is 17.8 Å². The summed E-state index contributed by atoms with van der Waals surface area (Å²) in [4.78, 5) is 8.98. The first kappa shape index (κ1) is 20.7. The van der Waals surface area contributed by atoms with Gasteiger partial charge in [0.1, 0.15) is 11.6 Å². The van der Waals surface area contributed by atoms with Gasteiger partial charge in [-0.3, -0.25) is 4.98 Å². The van der Waals surface area contributed by atoms with E-state index < -0.39 is 0 Å². The molecule has 0 fully saturated rings. The molecule has 0 radical (unpaired) electrons. The van der Waals surface area contributed by atoms with Crippen molar-refractivity contribution in [3.05, 3.63) is 103 Å². The lowest BCUT2D eigenvalue weighted by molar-refractivity contribution is 0.493. The molecule has 2 aromatic carbocycles. The standard InChI is InChI=1S/C26H25FN4/c1-18(25(28)20-5-3-2-4-6-20)17-30-24-12-11-23(19-7-9-22(27)10-8-19)26(31-24)21-13-15-29-16-14-21/h2-16,18,25H,17,28H2,1H3,(H,30,31). The SMILES string of the molecule is CC(CNc1ccc(-c2ccc(F)cc2)c(-c2ccncc2)n1)C(N)c1ccccc1. The van der Waals surface area contributed by atoms with E-state index in [1.165, 1.54) is 12.1 Å². The lowest BCUT2D eigenvalue weighted by Gasteiger charge is -2.21. The van der Waals surface area contributed by atoms with Crippen molar-refractivity contribution in [2.75, 3.05) is 11.9 Å². The minimum absolute atomic E-state index is 0.0631. The minimum Gasteiger partial charge on any atom is -0.370 e. The largest absolute Gasteiger partial charge is 0.370 e. The summed E-state index contributed by atoms with van der Waals surface area (Å²) in [5.74, 6) is 0.722. The zero-order chi connectivity index (χ0) is 21.6. The highest BCUT2D eigenvalue weighted by Crippen LogP contribution is 2.32. The van der Waals surface area contributed by atoms with Crippen LogP contribution in [0, 0.1) is 11.7 Å². The Morgan fingerprint density at radius 3 is 2.29 bits per heavy atom. The van der Waals surface area contributed by atoms with Gasteiger partial charge in [-0.15, -0.1) is 0 Å². The molecule has 31 heavy (non-hydrogen) atoms. The van der Waals surface area contributed by atoms with Crippen LogP contribution < -0.4 is 11.1 Å². The predicted octanol–water partition coefficient (Wildman–Crippen LogP) is 5.70. The zero-order valence-corrected chi connectivity index (χ0v) is 17.4. The van der Waals surface area contributed by atoms with Crippen LogP contribution in [0.2, 0.25) is 0 Å². The topological polar surface area (TPSA) is 63.8 Å². The van der Waals surface area contributed by atoms with Gasteiger partial charge in [0.25, 0.3) is 0 Å². The fraction of sp³-hybridized carbons (Fsp3) is 0.154. The Balaban J connectivity index is 1.58. The molecule has 0 aliphatic heterocycles. The van der Waals surface area contributed by atoms with E-state index in [4.69, 9.17) is 10.7 Å². The number of pyridine rings is 2. The predicted molar refractivity (Wildman–Crippen MR) is 124 cm³/mol. The summed E-state index contributed by atoms with van der Waals surface area (Å²) in [5, 5.41) is 3.43. The first-order valence-corrected chi connectivity index (χ1v) is 10.3. The number of hydrogen-bond acceptors (Lipinski definition) is 4. The molecule has 0 spiro atoms. The molecular formula is C26H25FN4. The Kier molecular flexibility index (Phi) is 6.34. The first-order chi connectivity index (χ1) is 15.1. The average molecular weight is 413 g/mol. The van der Waals surface area contributed by atoms with Crippen molar-refractivity contribution < 1.29 is 4.39 Å². The van der Waals surface area contributed by atoms with E-state index in [0.717, 1.165) is 33.8 Å². The van der Waals surface area contributed by atoms with Gasteiger partial charge in [-0.1, -0.05) is 49.4 Å². The smallest absolute Gasteiger partial charge is 0.126 e. The second-order valence-electron chi connectivity index (χ2n) is 7.63. The number of nitrogens with two attached hydrogens (primary N) is 1. The van der Waals surface area contributed by atoms with Gasteiger partial charge in [0.15, 0.2) is 0 Å². The van der Waals surface area contributed by atoms with Crippen molar-refractivity contribution in [3.8, 4) is 22.4 Å². The Morgan fingerprint density at radius 1 is 0.871 bits per heavy atom. The molecule has 5 heteroatoms. The molecule has 0 aliphatic rings. The van der Waals surface area contributed by atoms with Gasteiger partial charge in [-0.25, -0.2) is 9.37 Å². The molecular weight excluding hydrogens is 387 g/mol. The third kappa shape index (κ3) is 4.95. The monoisotopic (exact) mass is 412 g/mol. The van der Waals surface area contributed by atoms with Crippen molar-refractivity contribution in [2.45, 2.75) is 13.0 Å². The average Bonchev–Trinajstić information content (AvgIpc) is 2.83. The second kappa shape index (κ2) is 9.49. The van der Waals surface area contributed by atoms with Gasteiger partial charge in [-0.05, 0) is 53.4 Å². The fourth-order valence-corrected chi connectivity index (χ4v) is 3.55. The summed E-state index contributed by atoms with van der Waals surface area (Å²) >= 11 is 0. The molecule has 156 valence electrons. The molecule has 0 amide bonds. The molecule has 0 saturated heterocycles. The summed E-state index contributed by atoms with van der Waals surface area (Å²) in [6, 6.07) is 24.3. The number of benzene rings is 2. The second-order valence-corrected chi connectivity index (χ2v) is 7.63. The molecule has 2 atom stereocenters. The van der Waals surface area contributed by atoms with Crippen molar-refractivity contribution in [1.82, 2.24) is 9.97 Å². The van der Waals surface area contributed by atoms with Gasteiger partial charge >= 0.3 is 0 Å². The highest BCUT2D eigenvalue weighted by Gasteiger charge is 2.16. The van der Waals surface area contributed by atoms with E-state index in [1.54, 1.807) is 24.5 Å². The van der Waals surface area contributed by atoms with Crippen LogP contribution in [-0.4, -0.2) is 16.5 Å². The number of rotatable bonds is 7. The Morgan fingerprint density at radius 2 is 1.58 bits per heavy atom. The van der Waals surface area contributed by atoms with Gasteiger partial charge in [0.05, 0.1) is 5.69 Å². The van der Waals surface area contributed by atoms with Crippen molar-refractivity contribution in [2.24, 2.45) is 11.7 Å². The summed E-state index contributed by atoms with van der Waals surface area (Å²) in [6.07, 6.45) is 3.49. The number of nitrogens with zero attached hydrogens (tertiary/aromatic N) is 2. The van der Waals surface area contributed by atoms with Crippen LogP contribution in [0.3, 0.4) is 0 Å². The normalized spacial score (nSPS) is 12.9. The summed E-state index contributed by atoms with van der Waals surface area (Å²) in [5.41, 5.74) is 11.2. The molecule has 0 bridgehead atoms. The quantitative estimate of drug-likeness (QED) is 0.409. The van der Waals surface area contributed by atoms with Crippen LogP contribution in [0.15, 0.2) is 91.3 Å². The highest BCUT2D eigenvalue weighted by molar-refractivity contribution is 5.81. The van der Waals surface area contributed by atoms with Gasteiger partial charge in [0.2, 0.25) is 0 Å².